The predicted molar refractivity (Wildman–Crippen MR) is 60.0 cm³/mol. The summed E-state index contributed by atoms with van der Waals surface area (Å²) in [6.07, 6.45) is 1.87. The third-order valence-electron chi connectivity index (χ3n) is 2.72. The van der Waals surface area contributed by atoms with E-state index in [1.807, 2.05) is 6.92 Å². The largest absolute Gasteiger partial charge is 0.461 e. The first-order valence-electron chi connectivity index (χ1n) is 5.19. The standard InChI is InChI=1S/C10H19NO3.ClH/c1-3-8-4-5-13-6-9(11)10(12)14-7(8)2;/h7-9H,3-6,11H2,1-2H3;1H/t7-,8?,9?;/m0./s1. The van der Waals surface area contributed by atoms with E-state index < -0.39 is 6.04 Å². The number of nitrogens with two attached hydrogens (primary N) is 1. The first-order chi connectivity index (χ1) is 6.65. The monoisotopic (exact) mass is 237 g/mol. The van der Waals surface area contributed by atoms with Gasteiger partial charge in [-0.3, -0.25) is 4.79 Å². The van der Waals surface area contributed by atoms with Crippen LogP contribution in [0.1, 0.15) is 26.7 Å². The van der Waals surface area contributed by atoms with E-state index in [1.54, 1.807) is 0 Å². The highest BCUT2D eigenvalue weighted by atomic mass is 35.5. The molecule has 15 heavy (non-hydrogen) atoms. The molecule has 0 aromatic carbocycles. The molecule has 0 aliphatic carbocycles. The molecular formula is C10H20ClNO3. The third-order valence-corrected chi connectivity index (χ3v) is 2.72. The Morgan fingerprint density at radius 3 is 2.80 bits per heavy atom. The highest BCUT2D eigenvalue weighted by Gasteiger charge is 2.25. The highest BCUT2D eigenvalue weighted by molar-refractivity contribution is 5.85. The summed E-state index contributed by atoms with van der Waals surface area (Å²) in [5.74, 6) is 0.0297. The maximum Gasteiger partial charge on any atom is 0.325 e. The number of halogens is 1. The van der Waals surface area contributed by atoms with Gasteiger partial charge in [0.1, 0.15) is 12.1 Å². The predicted octanol–water partition coefficient (Wildman–Crippen LogP) is 1.11. The van der Waals surface area contributed by atoms with Gasteiger partial charge in [-0.05, 0) is 25.7 Å². The van der Waals surface area contributed by atoms with Crippen LogP contribution in [-0.4, -0.2) is 31.3 Å². The van der Waals surface area contributed by atoms with E-state index >= 15 is 0 Å². The minimum atomic E-state index is -0.631. The Hall–Kier alpha value is -0.320. The number of ether oxygens (including phenoxy) is 2. The Labute approximate surface area is 96.9 Å². The molecule has 5 heteroatoms. The highest BCUT2D eigenvalue weighted by Crippen LogP contribution is 2.18. The van der Waals surface area contributed by atoms with Crippen molar-refractivity contribution in [2.24, 2.45) is 11.7 Å². The van der Waals surface area contributed by atoms with Gasteiger partial charge < -0.3 is 15.2 Å². The second-order valence-electron chi connectivity index (χ2n) is 3.78. The van der Waals surface area contributed by atoms with Crippen molar-refractivity contribution in [3.63, 3.8) is 0 Å². The van der Waals surface area contributed by atoms with Gasteiger partial charge in [0.15, 0.2) is 0 Å². The summed E-state index contributed by atoms with van der Waals surface area (Å²) >= 11 is 0. The van der Waals surface area contributed by atoms with Crippen LogP contribution in [0.15, 0.2) is 0 Å². The SMILES string of the molecule is CCC1CCOCC(N)C(=O)O[C@H]1C.Cl. The molecule has 0 saturated carbocycles. The molecule has 1 heterocycles. The van der Waals surface area contributed by atoms with Crippen molar-refractivity contribution < 1.29 is 14.3 Å². The van der Waals surface area contributed by atoms with Crippen LogP contribution in [0.25, 0.3) is 0 Å². The Bertz CT molecular complexity index is 201. The molecule has 0 aromatic heterocycles. The number of carbonyl (C=O) groups excluding carboxylic acids is 1. The molecule has 0 aromatic rings. The maximum atomic E-state index is 11.4. The number of esters is 1. The lowest BCUT2D eigenvalue weighted by atomic mass is 9.97. The molecule has 0 spiro atoms. The third kappa shape index (κ3) is 4.36. The molecule has 4 nitrogen and oxygen atoms in total. The molecule has 1 aliphatic rings. The summed E-state index contributed by atoms with van der Waals surface area (Å²) in [7, 11) is 0. The van der Waals surface area contributed by atoms with Crippen LogP contribution in [0.3, 0.4) is 0 Å². The van der Waals surface area contributed by atoms with E-state index in [0.717, 1.165) is 12.8 Å². The fourth-order valence-electron chi connectivity index (χ4n) is 1.65. The molecule has 1 saturated heterocycles. The molecule has 2 N–H and O–H groups in total. The Kier molecular flexibility index (Phi) is 6.89. The smallest absolute Gasteiger partial charge is 0.325 e. The Morgan fingerprint density at radius 2 is 2.20 bits per heavy atom. The van der Waals surface area contributed by atoms with Crippen molar-refractivity contribution in [2.45, 2.75) is 38.8 Å². The van der Waals surface area contributed by atoms with Crippen LogP contribution in [-0.2, 0) is 14.3 Å². The van der Waals surface area contributed by atoms with Crippen molar-refractivity contribution in [1.82, 2.24) is 0 Å². The van der Waals surface area contributed by atoms with Crippen molar-refractivity contribution >= 4 is 18.4 Å². The van der Waals surface area contributed by atoms with Gasteiger partial charge in [0.2, 0.25) is 0 Å². The van der Waals surface area contributed by atoms with Gasteiger partial charge in [0, 0.05) is 6.61 Å². The molecule has 90 valence electrons. The lowest BCUT2D eigenvalue weighted by Gasteiger charge is -2.21. The van der Waals surface area contributed by atoms with Crippen molar-refractivity contribution in [3.8, 4) is 0 Å². The molecular weight excluding hydrogens is 218 g/mol. The minimum absolute atomic E-state index is 0. The van der Waals surface area contributed by atoms with Gasteiger partial charge in [-0.2, -0.15) is 0 Å². The first kappa shape index (κ1) is 14.7. The number of rotatable bonds is 1. The number of carbonyl (C=O) groups is 1. The summed E-state index contributed by atoms with van der Waals surface area (Å²) < 4.78 is 10.5. The summed E-state index contributed by atoms with van der Waals surface area (Å²) in [5.41, 5.74) is 5.57. The zero-order valence-corrected chi connectivity index (χ0v) is 10.1. The fraction of sp³-hybridized carbons (Fsp3) is 0.900. The summed E-state index contributed by atoms with van der Waals surface area (Å²) in [5, 5.41) is 0. The molecule has 1 rings (SSSR count). The second kappa shape index (κ2) is 7.04. The van der Waals surface area contributed by atoms with Gasteiger partial charge in [-0.25, -0.2) is 0 Å². The zero-order chi connectivity index (χ0) is 10.6. The van der Waals surface area contributed by atoms with Crippen molar-refractivity contribution in [2.75, 3.05) is 13.2 Å². The van der Waals surface area contributed by atoms with Crippen LogP contribution < -0.4 is 5.73 Å². The van der Waals surface area contributed by atoms with E-state index in [-0.39, 0.29) is 31.1 Å². The maximum absolute atomic E-state index is 11.4. The molecule has 0 radical (unpaired) electrons. The van der Waals surface area contributed by atoms with Crippen LogP contribution in [0.4, 0.5) is 0 Å². The number of hydrogen-bond acceptors (Lipinski definition) is 4. The van der Waals surface area contributed by atoms with Crippen LogP contribution >= 0.6 is 12.4 Å². The molecule has 3 atom stereocenters. The van der Waals surface area contributed by atoms with E-state index in [0.29, 0.717) is 12.5 Å². The molecule has 0 amide bonds. The summed E-state index contributed by atoms with van der Waals surface area (Å²) in [6, 6.07) is -0.631. The quantitative estimate of drug-likeness (QED) is 0.695. The van der Waals surface area contributed by atoms with Crippen LogP contribution in [0, 0.1) is 5.92 Å². The lowest BCUT2D eigenvalue weighted by Crippen LogP contribution is -2.38. The summed E-state index contributed by atoms with van der Waals surface area (Å²) in [6.45, 7) is 4.94. The van der Waals surface area contributed by atoms with E-state index in [2.05, 4.69) is 6.92 Å². The molecule has 0 bridgehead atoms. The van der Waals surface area contributed by atoms with E-state index in [9.17, 15) is 4.79 Å². The van der Waals surface area contributed by atoms with Gasteiger partial charge in [0.05, 0.1) is 6.61 Å². The normalized spacial score (nSPS) is 33.0. The van der Waals surface area contributed by atoms with E-state index in [4.69, 9.17) is 15.2 Å². The van der Waals surface area contributed by atoms with Crippen molar-refractivity contribution in [1.29, 1.82) is 0 Å². The van der Waals surface area contributed by atoms with Gasteiger partial charge >= 0.3 is 5.97 Å². The molecule has 1 fully saturated rings. The zero-order valence-electron chi connectivity index (χ0n) is 9.27. The average Bonchev–Trinajstić information content (AvgIpc) is 2.21. The molecule has 2 unspecified atom stereocenters. The second-order valence-corrected chi connectivity index (χ2v) is 3.78. The number of cyclic esters (lactones) is 1. The van der Waals surface area contributed by atoms with Gasteiger partial charge in [-0.15, -0.1) is 12.4 Å². The average molecular weight is 238 g/mol. The van der Waals surface area contributed by atoms with E-state index in [1.165, 1.54) is 0 Å². The first-order valence-corrected chi connectivity index (χ1v) is 5.19. The van der Waals surface area contributed by atoms with Crippen molar-refractivity contribution in [3.05, 3.63) is 0 Å². The fourth-order valence-corrected chi connectivity index (χ4v) is 1.65. The van der Waals surface area contributed by atoms with Crippen LogP contribution in [0.5, 0.6) is 0 Å². The minimum Gasteiger partial charge on any atom is -0.461 e. The topological polar surface area (TPSA) is 61.5 Å². The summed E-state index contributed by atoms with van der Waals surface area (Å²) in [4.78, 5) is 11.4. The molecule has 1 aliphatic heterocycles. The lowest BCUT2D eigenvalue weighted by molar-refractivity contribution is -0.152. The number of hydrogen-bond donors (Lipinski definition) is 1. The van der Waals surface area contributed by atoms with Gasteiger partial charge in [0.25, 0.3) is 0 Å². The Balaban J connectivity index is 0.00000196. The van der Waals surface area contributed by atoms with Gasteiger partial charge in [-0.1, -0.05) is 6.92 Å². The van der Waals surface area contributed by atoms with Crippen LogP contribution in [0.2, 0.25) is 0 Å². The Morgan fingerprint density at radius 1 is 1.53 bits per heavy atom.